The lowest BCUT2D eigenvalue weighted by Gasteiger charge is -1.98. The Labute approximate surface area is 63.3 Å². The Bertz CT molecular complexity index is 225. The highest BCUT2D eigenvalue weighted by molar-refractivity contribution is 5.02. The van der Waals surface area contributed by atoms with Crippen LogP contribution in [-0.2, 0) is 4.74 Å². The molecule has 0 N–H and O–H groups in total. The highest BCUT2D eigenvalue weighted by atomic mass is 16.6. The predicted octanol–water partition coefficient (Wildman–Crippen LogP) is -0.351. The van der Waals surface area contributed by atoms with Crippen molar-refractivity contribution in [1.82, 2.24) is 15.4 Å². The summed E-state index contributed by atoms with van der Waals surface area (Å²) in [6, 6.07) is 1.66. The minimum absolute atomic E-state index is 0.255. The first-order chi connectivity index (χ1) is 5.45. The molecule has 0 amide bonds. The van der Waals surface area contributed by atoms with Crippen LogP contribution >= 0.6 is 0 Å². The van der Waals surface area contributed by atoms with E-state index in [-0.39, 0.29) is 6.10 Å². The molecule has 0 aromatic carbocycles. The van der Waals surface area contributed by atoms with Crippen molar-refractivity contribution in [2.45, 2.75) is 6.10 Å². The first-order valence-corrected chi connectivity index (χ1v) is 3.34. The van der Waals surface area contributed by atoms with Crippen molar-refractivity contribution in [2.24, 2.45) is 0 Å². The topological polar surface area (TPSA) is 60.4 Å². The van der Waals surface area contributed by atoms with Gasteiger partial charge in [-0.05, 0) is 5.21 Å². The average molecular weight is 153 g/mol. The number of nitrogens with zero attached hydrogens (tertiary/aromatic N) is 3. The van der Waals surface area contributed by atoms with E-state index in [1.54, 1.807) is 6.07 Å². The highest BCUT2D eigenvalue weighted by Crippen LogP contribution is 2.10. The minimum atomic E-state index is 0.255. The molecule has 1 fully saturated rings. The van der Waals surface area contributed by atoms with Crippen molar-refractivity contribution in [1.29, 1.82) is 0 Å². The SMILES string of the molecule is c1cc(OCC2CO2)nnn1. The van der Waals surface area contributed by atoms with Gasteiger partial charge in [0, 0.05) is 6.07 Å². The zero-order valence-electron chi connectivity index (χ0n) is 5.80. The molecular weight excluding hydrogens is 146 g/mol. The molecule has 5 nitrogen and oxygen atoms in total. The van der Waals surface area contributed by atoms with E-state index >= 15 is 0 Å². The summed E-state index contributed by atoms with van der Waals surface area (Å²) >= 11 is 0. The van der Waals surface area contributed by atoms with Gasteiger partial charge >= 0.3 is 0 Å². The van der Waals surface area contributed by atoms with Gasteiger partial charge in [0.15, 0.2) is 0 Å². The summed E-state index contributed by atoms with van der Waals surface area (Å²) < 4.78 is 10.1. The summed E-state index contributed by atoms with van der Waals surface area (Å²) in [4.78, 5) is 0. The third-order valence-corrected chi connectivity index (χ3v) is 1.30. The highest BCUT2D eigenvalue weighted by Gasteiger charge is 2.23. The van der Waals surface area contributed by atoms with Crippen LogP contribution in [0, 0.1) is 0 Å². The Morgan fingerprint density at radius 3 is 3.27 bits per heavy atom. The zero-order chi connectivity index (χ0) is 7.52. The minimum Gasteiger partial charge on any atom is -0.474 e. The molecule has 5 heteroatoms. The number of ether oxygens (including phenoxy) is 2. The fourth-order valence-electron chi connectivity index (χ4n) is 0.650. The molecule has 0 radical (unpaired) electrons. The third-order valence-electron chi connectivity index (χ3n) is 1.30. The first kappa shape index (κ1) is 6.48. The lowest BCUT2D eigenvalue weighted by atomic mass is 10.5. The second kappa shape index (κ2) is 2.79. The Kier molecular flexibility index (Phi) is 1.64. The lowest BCUT2D eigenvalue weighted by Crippen LogP contribution is -2.05. The Morgan fingerprint density at radius 1 is 1.73 bits per heavy atom. The number of hydrogen-bond acceptors (Lipinski definition) is 5. The zero-order valence-corrected chi connectivity index (χ0v) is 5.80. The van der Waals surface area contributed by atoms with Crippen LogP contribution in [0.1, 0.15) is 0 Å². The predicted molar refractivity (Wildman–Crippen MR) is 35.1 cm³/mol. The summed E-state index contributed by atoms with van der Waals surface area (Å²) in [6.45, 7) is 1.34. The molecule has 0 saturated carbocycles. The van der Waals surface area contributed by atoms with Gasteiger partial charge in [0.1, 0.15) is 12.7 Å². The number of aromatic nitrogens is 3. The molecule has 58 valence electrons. The normalized spacial score (nSPS) is 21.3. The van der Waals surface area contributed by atoms with Crippen molar-refractivity contribution in [2.75, 3.05) is 13.2 Å². The van der Waals surface area contributed by atoms with Crippen molar-refractivity contribution in [3.05, 3.63) is 12.3 Å². The Hall–Kier alpha value is -1.23. The molecule has 1 unspecified atom stereocenters. The molecule has 1 aromatic heterocycles. The van der Waals surface area contributed by atoms with Gasteiger partial charge in [0.05, 0.1) is 12.8 Å². The molecule has 2 rings (SSSR count). The fraction of sp³-hybridized carbons (Fsp3) is 0.500. The average Bonchev–Trinajstić information content (AvgIpc) is 2.86. The van der Waals surface area contributed by atoms with Crippen LogP contribution in [-0.4, -0.2) is 34.7 Å². The van der Waals surface area contributed by atoms with Crippen molar-refractivity contribution >= 4 is 0 Å². The molecular formula is C6H7N3O2. The molecule has 11 heavy (non-hydrogen) atoms. The van der Waals surface area contributed by atoms with Crippen LogP contribution < -0.4 is 4.74 Å². The largest absolute Gasteiger partial charge is 0.474 e. The van der Waals surface area contributed by atoms with E-state index < -0.39 is 0 Å². The second-order valence-electron chi connectivity index (χ2n) is 2.23. The van der Waals surface area contributed by atoms with Crippen LogP contribution in [0.2, 0.25) is 0 Å². The third kappa shape index (κ3) is 1.84. The van der Waals surface area contributed by atoms with Crippen LogP contribution in [0.5, 0.6) is 5.88 Å². The van der Waals surface area contributed by atoms with Gasteiger partial charge in [0.2, 0.25) is 5.88 Å². The van der Waals surface area contributed by atoms with E-state index in [1.807, 2.05) is 0 Å². The van der Waals surface area contributed by atoms with Crippen LogP contribution in [0.15, 0.2) is 12.3 Å². The standard InChI is InChI=1S/C6H7N3O2/c1-2-7-9-8-6(1)11-4-5-3-10-5/h1-2,5H,3-4H2. The molecule has 1 atom stereocenters. The van der Waals surface area contributed by atoms with Crippen LogP contribution in [0.3, 0.4) is 0 Å². The number of hydrogen-bond donors (Lipinski definition) is 0. The fourth-order valence-corrected chi connectivity index (χ4v) is 0.650. The molecule has 0 bridgehead atoms. The number of epoxide rings is 1. The molecule has 0 aliphatic carbocycles. The summed E-state index contributed by atoms with van der Waals surface area (Å²) in [7, 11) is 0. The quantitative estimate of drug-likeness (QED) is 0.555. The summed E-state index contributed by atoms with van der Waals surface area (Å²) in [5.41, 5.74) is 0. The van der Waals surface area contributed by atoms with Gasteiger partial charge in [-0.1, -0.05) is 5.10 Å². The van der Waals surface area contributed by atoms with Crippen LogP contribution in [0.4, 0.5) is 0 Å². The van der Waals surface area contributed by atoms with Crippen LogP contribution in [0.25, 0.3) is 0 Å². The van der Waals surface area contributed by atoms with Crippen molar-refractivity contribution < 1.29 is 9.47 Å². The van der Waals surface area contributed by atoms with Crippen molar-refractivity contribution in [3.63, 3.8) is 0 Å². The Balaban J connectivity index is 1.85. The van der Waals surface area contributed by atoms with Gasteiger partial charge in [-0.3, -0.25) is 0 Å². The second-order valence-corrected chi connectivity index (χ2v) is 2.23. The van der Waals surface area contributed by atoms with Crippen molar-refractivity contribution in [3.8, 4) is 5.88 Å². The molecule has 0 spiro atoms. The van der Waals surface area contributed by atoms with Gasteiger partial charge in [-0.15, -0.1) is 5.10 Å². The first-order valence-electron chi connectivity index (χ1n) is 3.34. The van der Waals surface area contributed by atoms with E-state index in [0.29, 0.717) is 12.5 Å². The lowest BCUT2D eigenvalue weighted by molar-refractivity contribution is 0.252. The summed E-state index contributed by atoms with van der Waals surface area (Å²) in [5, 5.41) is 10.6. The van der Waals surface area contributed by atoms with E-state index in [2.05, 4.69) is 15.4 Å². The maximum atomic E-state index is 5.19. The Morgan fingerprint density at radius 2 is 2.64 bits per heavy atom. The maximum Gasteiger partial charge on any atom is 0.236 e. The summed E-state index contributed by atoms with van der Waals surface area (Å²) in [6.07, 6.45) is 1.79. The molecule has 1 aliphatic rings. The molecule has 1 aromatic rings. The van der Waals surface area contributed by atoms with E-state index in [1.165, 1.54) is 6.20 Å². The van der Waals surface area contributed by atoms with E-state index in [4.69, 9.17) is 9.47 Å². The monoisotopic (exact) mass is 153 g/mol. The van der Waals surface area contributed by atoms with E-state index in [9.17, 15) is 0 Å². The van der Waals surface area contributed by atoms with E-state index in [0.717, 1.165) is 6.61 Å². The van der Waals surface area contributed by atoms with Gasteiger partial charge in [-0.2, -0.15) is 0 Å². The van der Waals surface area contributed by atoms with Gasteiger partial charge in [0.25, 0.3) is 0 Å². The maximum absolute atomic E-state index is 5.19. The summed E-state index contributed by atoms with van der Waals surface area (Å²) in [5.74, 6) is 0.496. The van der Waals surface area contributed by atoms with Gasteiger partial charge < -0.3 is 9.47 Å². The van der Waals surface area contributed by atoms with Gasteiger partial charge in [-0.25, -0.2) is 0 Å². The molecule has 1 aliphatic heterocycles. The molecule has 1 saturated heterocycles. The smallest absolute Gasteiger partial charge is 0.236 e. The number of rotatable bonds is 3. The molecule has 2 heterocycles.